The van der Waals surface area contributed by atoms with Crippen molar-refractivity contribution in [1.82, 2.24) is 0 Å². The molecular formula is C15H34. The summed E-state index contributed by atoms with van der Waals surface area (Å²) in [5.41, 5.74) is 0. The molecule has 0 aromatic heterocycles. The van der Waals surface area contributed by atoms with Gasteiger partial charge in [-0.05, 0) is 0 Å². The van der Waals surface area contributed by atoms with Gasteiger partial charge in [0.25, 0.3) is 0 Å². The molecule has 2 rings (SSSR count). The topological polar surface area (TPSA) is 0 Å². The van der Waals surface area contributed by atoms with E-state index in [2.05, 4.69) is 0 Å². The number of rotatable bonds is 0. The third kappa shape index (κ3) is 14.0. The minimum absolute atomic E-state index is 0. The highest BCUT2D eigenvalue weighted by atomic mass is 14.0. The fourth-order valence-electron chi connectivity index (χ4n) is 2.12. The van der Waals surface area contributed by atoms with Gasteiger partial charge in [0, 0.05) is 0 Å². The Labute approximate surface area is 98.9 Å². The average Bonchev–Trinajstić information content (AvgIpc) is 2.37. The Bertz CT molecular complexity index is 43.0. The molecule has 0 unspecified atom stereocenters. The van der Waals surface area contributed by atoms with Crippen molar-refractivity contribution in [2.24, 2.45) is 0 Å². The van der Waals surface area contributed by atoms with Crippen LogP contribution in [0.2, 0.25) is 0 Å². The average molecular weight is 214 g/mol. The molecule has 0 aromatic rings. The van der Waals surface area contributed by atoms with Crippen molar-refractivity contribution in [2.45, 2.75) is 98.3 Å². The third-order valence-electron chi connectivity index (χ3n) is 3.00. The molecule has 0 bridgehead atoms. The summed E-state index contributed by atoms with van der Waals surface area (Å²) >= 11 is 0. The third-order valence-corrected chi connectivity index (χ3v) is 3.00. The zero-order valence-corrected chi connectivity index (χ0v) is 10.5. The Hall–Kier alpha value is 0. The first-order valence-electron chi connectivity index (χ1n) is 7.00. The lowest BCUT2D eigenvalue weighted by Crippen LogP contribution is -1.85. The molecule has 0 spiro atoms. The normalized spacial score (nSPS) is 19.6. The lowest BCUT2D eigenvalue weighted by Gasteiger charge is -2.05. The summed E-state index contributed by atoms with van der Waals surface area (Å²) in [6.07, 6.45) is 18.0. The molecule has 2 saturated carbocycles. The van der Waals surface area contributed by atoms with Gasteiger partial charge in [-0.1, -0.05) is 98.3 Å². The monoisotopic (exact) mass is 214 g/mol. The van der Waals surface area contributed by atoms with E-state index in [1.807, 2.05) is 13.8 Å². The molecule has 0 amide bonds. The SMILES string of the molecule is C.C1CCCCC1.C1CCCCC1.CC. The minimum atomic E-state index is 0. The van der Waals surface area contributed by atoms with Gasteiger partial charge in [-0.2, -0.15) is 0 Å². The largest absolute Gasteiger partial charge is 0.0776 e. The van der Waals surface area contributed by atoms with E-state index in [0.717, 1.165) is 0 Å². The van der Waals surface area contributed by atoms with Crippen molar-refractivity contribution < 1.29 is 0 Å². The second-order valence-corrected chi connectivity index (χ2v) is 4.24. The second-order valence-electron chi connectivity index (χ2n) is 4.24. The van der Waals surface area contributed by atoms with Gasteiger partial charge >= 0.3 is 0 Å². The highest BCUT2D eigenvalue weighted by molar-refractivity contribution is 4.51. The van der Waals surface area contributed by atoms with Crippen LogP contribution in [0, 0.1) is 0 Å². The highest BCUT2D eigenvalue weighted by Gasteiger charge is 1.96. The van der Waals surface area contributed by atoms with E-state index < -0.39 is 0 Å². The molecule has 0 heteroatoms. The van der Waals surface area contributed by atoms with Crippen LogP contribution in [0.15, 0.2) is 0 Å². The molecule has 2 fully saturated rings. The van der Waals surface area contributed by atoms with E-state index in [1.165, 1.54) is 77.0 Å². The summed E-state index contributed by atoms with van der Waals surface area (Å²) in [5.74, 6) is 0. The van der Waals surface area contributed by atoms with Crippen molar-refractivity contribution in [1.29, 1.82) is 0 Å². The summed E-state index contributed by atoms with van der Waals surface area (Å²) in [6, 6.07) is 0. The maximum atomic E-state index is 2.00. The Morgan fingerprint density at radius 2 is 0.400 bits per heavy atom. The zero-order chi connectivity index (χ0) is 10.5. The highest BCUT2D eigenvalue weighted by Crippen LogP contribution is 2.15. The van der Waals surface area contributed by atoms with Gasteiger partial charge < -0.3 is 0 Å². The molecule has 15 heavy (non-hydrogen) atoms. The summed E-state index contributed by atoms with van der Waals surface area (Å²) in [5, 5.41) is 0. The molecule has 0 N–H and O–H groups in total. The van der Waals surface area contributed by atoms with E-state index in [1.54, 1.807) is 0 Å². The summed E-state index contributed by atoms with van der Waals surface area (Å²) < 4.78 is 0. The fraction of sp³-hybridized carbons (Fsp3) is 1.00. The fourth-order valence-corrected chi connectivity index (χ4v) is 2.12. The van der Waals surface area contributed by atoms with E-state index in [4.69, 9.17) is 0 Å². The first kappa shape index (κ1) is 17.4. The van der Waals surface area contributed by atoms with Crippen molar-refractivity contribution >= 4 is 0 Å². The summed E-state index contributed by atoms with van der Waals surface area (Å²) in [4.78, 5) is 0. The lowest BCUT2D eigenvalue weighted by molar-refractivity contribution is 0.504. The number of hydrogen-bond acceptors (Lipinski definition) is 0. The molecule has 0 nitrogen and oxygen atoms in total. The van der Waals surface area contributed by atoms with E-state index >= 15 is 0 Å². The Balaban J connectivity index is 0. The van der Waals surface area contributed by atoms with Crippen LogP contribution in [0.3, 0.4) is 0 Å². The van der Waals surface area contributed by atoms with Crippen LogP contribution < -0.4 is 0 Å². The van der Waals surface area contributed by atoms with Crippen LogP contribution in [0.5, 0.6) is 0 Å². The van der Waals surface area contributed by atoms with E-state index in [0.29, 0.717) is 0 Å². The summed E-state index contributed by atoms with van der Waals surface area (Å²) in [6.45, 7) is 4.00. The van der Waals surface area contributed by atoms with Crippen LogP contribution in [0.1, 0.15) is 98.3 Å². The Morgan fingerprint density at radius 3 is 0.467 bits per heavy atom. The quantitative estimate of drug-likeness (QED) is 0.441. The second kappa shape index (κ2) is 16.4. The minimum Gasteiger partial charge on any atom is -0.0776 e. The van der Waals surface area contributed by atoms with Crippen molar-refractivity contribution in [3.63, 3.8) is 0 Å². The Kier molecular flexibility index (Phi) is 19.1. The van der Waals surface area contributed by atoms with Crippen LogP contribution in [0.25, 0.3) is 0 Å². The number of hydrogen-bond donors (Lipinski definition) is 0. The predicted molar refractivity (Wildman–Crippen MR) is 73.5 cm³/mol. The lowest BCUT2D eigenvalue weighted by atomic mass is 10.0. The molecular weight excluding hydrogens is 180 g/mol. The Morgan fingerprint density at radius 1 is 0.333 bits per heavy atom. The van der Waals surface area contributed by atoms with Crippen LogP contribution in [-0.4, -0.2) is 0 Å². The maximum absolute atomic E-state index is 2.00. The van der Waals surface area contributed by atoms with Gasteiger partial charge in [-0.3, -0.25) is 0 Å². The van der Waals surface area contributed by atoms with Gasteiger partial charge in [0.1, 0.15) is 0 Å². The van der Waals surface area contributed by atoms with Crippen LogP contribution in [-0.2, 0) is 0 Å². The molecule has 0 aliphatic heterocycles. The maximum Gasteiger partial charge on any atom is -0.0533 e. The molecule has 0 atom stereocenters. The molecule has 2 aliphatic rings. The molecule has 0 aromatic carbocycles. The van der Waals surface area contributed by atoms with E-state index in [9.17, 15) is 0 Å². The van der Waals surface area contributed by atoms with Crippen LogP contribution in [0.4, 0.5) is 0 Å². The van der Waals surface area contributed by atoms with Gasteiger partial charge in [-0.15, -0.1) is 0 Å². The summed E-state index contributed by atoms with van der Waals surface area (Å²) in [7, 11) is 0. The van der Waals surface area contributed by atoms with Gasteiger partial charge in [-0.25, -0.2) is 0 Å². The van der Waals surface area contributed by atoms with Gasteiger partial charge in [0.15, 0.2) is 0 Å². The van der Waals surface area contributed by atoms with Crippen molar-refractivity contribution in [3.8, 4) is 0 Å². The molecule has 0 heterocycles. The first-order chi connectivity index (χ1) is 7.00. The molecule has 0 saturated heterocycles. The van der Waals surface area contributed by atoms with E-state index in [-0.39, 0.29) is 7.43 Å². The predicted octanol–water partition coefficient (Wildman–Crippen LogP) is 6.34. The molecule has 94 valence electrons. The molecule has 2 aliphatic carbocycles. The first-order valence-corrected chi connectivity index (χ1v) is 7.00. The van der Waals surface area contributed by atoms with Gasteiger partial charge in [0.05, 0.1) is 0 Å². The standard InChI is InChI=1S/2C6H12.C2H6.CH4/c2*1-2-4-6-5-3-1;1-2;/h2*1-6H2;1-2H3;1H4. The zero-order valence-electron chi connectivity index (χ0n) is 10.5. The molecule has 0 radical (unpaired) electrons. The van der Waals surface area contributed by atoms with Crippen molar-refractivity contribution in [2.75, 3.05) is 0 Å². The van der Waals surface area contributed by atoms with Gasteiger partial charge in [0.2, 0.25) is 0 Å². The van der Waals surface area contributed by atoms with Crippen molar-refractivity contribution in [3.05, 3.63) is 0 Å². The smallest absolute Gasteiger partial charge is 0.0533 e. The van der Waals surface area contributed by atoms with Crippen LogP contribution >= 0.6 is 0 Å².